The van der Waals surface area contributed by atoms with Gasteiger partial charge in [0.1, 0.15) is 5.82 Å². The van der Waals surface area contributed by atoms with Crippen molar-refractivity contribution in [3.8, 4) is 0 Å². The smallest absolute Gasteiger partial charge is 0.397 e. The third kappa shape index (κ3) is 2.65. The molecule has 0 bridgehead atoms. The summed E-state index contributed by atoms with van der Waals surface area (Å²) in [5.74, 6) is -1.10. The molecule has 0 radical (unpaired) electrons. The number of aromatic nitrogens is 2. The number of nitrogens with zero attached hydrogens (tertiary/aromatic N) is 2. The van der Waals surface area contributed by atoms with Crippen molar-refractivity contribution in [2.24, 2.45) is 0 Å². The number of carbonyl (C=O) groups is 1. The number of hydrogen-bond acceptors (Lipinski definition) is 5. The standard InChI is InChI=1S/C11H8ClFN2O3/c1-17-11(16)10-14-9(15-18-10)4-6-2-3-7(13)5-8(6)12/h2-3,5H,4H2,1H3. The summed E-state index contributed by atoms with van der Waals surface area (Å²) in [7, 11) is 1.21. The molecule has 5 nitrogen and oxygen atoms in total. The van der Waals surface area contributed by atoms with Crippen molar-refractivity contribution in [1.29, 1.82) is 0 Å². The van der Waals surface area contributed by atoms with Gasteiger partial charge in [-0.3, -0.25) is 0 Å². The van der Waals surface area contributed by atoms with Gasteiger partial charge in [-0.25, -0.2) is 9.18 Å². The summed E-state index contributed by atoms with van der Waals surface area (Å²) < 4.78 is 22.0. The van der Waals surface area contributed by atoms with Crippen LogP contribution in [0.25, 0.3) is 0 Å². The van der Waals surface area contributed by atoms with E-state index in [1.54, 1.807) is 0 Å². The highest BCUT2D eigenvalue weighted by atomic mass is 35.5. The van der Waals surface area contributed by atoms with E-state index in [1.165, 1.54) is 25.3 Å². The number of halogens is 2. The van der Waals surface area contributed by atoms with Crippen LogP contribution in [0.4, 0.5) is 4.39 Å². The molecular formula is C11H8ClFN2O3. The van der Waals surface area contributed by atoms with Crippen LogP contribution in [-0.2, 0) is 11.2 Å². The Bertz CT molecular complexity index is 585. The number of ether oxygens (including phenoxy) is 1. The molecule has 18 heavy (non-hydrogen) atoms. The fraction of sp³-hybridized carbons (Fsp3) is 0.182. The third-order valence-corrected chi connectivity index (χ3v) is 2.54. The zero-order chi connectivity index (χ0) is 13.1. The number of esters is 1. The largest absolute Gasteiger partial charge is 0.462 e. The Morgan fingerprint density at radius 2 is 2.33 bits per heavy atom. The maximum atomic E-state index is 12.8. The van der Waals surface area contributed by atoms with E-state index < -0.39 is 11.8 Å². The molecule has 2 aromatic rings. The van der Waals surface area contributed by atoms with Gasteiger partial charge >= 0.3 is 11.9 Å². The molecule has 0 amide bonds. The van der Waals surface area contributed by atoms with Crippen LogP contribution >= 0.6 is 11.6 Å². The van der Waals surface area contributed by atoms with E-state index in [4.69, 9.17) is 16.1 Å². The molecule has 0 aliphatic rings. The highest BCUT2D eigenvalue weighted by Crippen LogP contribution is 2.19. The molecule has 0 fully saturated rings. The Hall–Kier alpha value is -1.95. The van der Waals surface area contributed by atoms with Crippen LogP contribution in [-0.4, -0.2) is 23.2 Å². The van der Waals surface area contributed by atoms with E-state index >= 15 is 0 Å². The average molecular weight is 271 g/mol. The quantitative estimate of drug-likeness (QED) is 0.800. The lowest BCUT2D eigenvalue weighted by molar-refractivity contribution is 0.0545. The zero-order valence-electron chi connectivity index (χ0n) is 9.31. The van der Waals surface area contributed by atoms with E-state index in [0.29, 0.717) is 5.56 Å². The van der Waals surface area contributed by atoms with Gasteiger partial charge in [-0.05, 0) is 17.7 Å². The van der Waals surface area contributed by atoms with Crippen LogP contribution < -0.4 is 0 Å². The topological polar surface area (TPSA) is 65.2 Å². The third-order valence-electron chi connectivity index (χ3n) is 2.19. The van der Waals surface area contributed by atoms with Crippen molar-refractivity contribution in [2.45, 2.75) is 6.42 Å². The maximum Gasteiger partial charge on any atom is 0.397 e. The molecule has 1 heterocycles. The lowest BCUT2D eigenvalue weighted by atomic mass is 10.1. The molecule has 7 heteroatoms. The Kier molecular flexibility index (Phi) is 3.57. The van der Waals surface area contributed by atoms with Gasteiger partial charge in [-0.15, -0.1) is 0 Å². The van der Waals surface area contributed by atoms with Crippen molar-refractivity contribution in [3.63, 3.8) is 0 Å². The van der Waals surface area contributed by atoms with Gasteiger partial charge in [0.25, 0.3) is 0 Å². The predicted molar refractivity (Wildman–Crippen MR) is 59.9 cm³/mol. The fourth-order valence-electron chi connectivity index (χ4n) is 1.33. The first-order chi connectivity index (χ1) is 8.60. The lowest BCUT2D eigenvalue weighted by Crippen LogP contribution is -2.01. The molecule has 0 saturated carbocycles. The summed E-state index contributed by atoms with van der Waals surface area (Å²) in [5, 5.41) is 3.87. The Morgan fingerprint density at radius 3 is 3.00 bits per heavy atom. The second-order valence-electron chi connectivity index (χ2n) is 3.42. The second-order valence-corrected chi connectivity index (χ2v) is 3.83. The molecule has 0 N–H and O–H groups in total. The number of rotatable bonds is 3. The Morgan fingerprint density at radius 1 is 1.56 bits per heavy atom. The molecule has 0 aliphatic carbocycles. The summed E-state index contributed by atoms with van der Waals surface area (Å²) in [6.07, 6.45) is 0.236. The lowest BCUT2D eigenvalue weighted by Gasteiger charge is -2.00. The van der Waals surface area contributed by atoms with E-state index in [0.717, 1.165) is 0 Å². The normalized spacial score (nSPS) is 10.4. The van der Waals surface area contributed by atoms with Crippen LogP contribution in [0.2, 0.25) is 5.02 Å². The van der Waals surface area contributed by atoms with E-state index in [9.17, 15) is 9.18 Å². The van der Waals surface area contributed by atoms with Crippen LogP contribution in [0.15, 0.2) is 22.7 Å². The Balaban J connectivity index is 2.18. The SMILES string of the molecule is COC(=O)c1nc(Cc2ccc(F)cc2Cl)no1. The minimum absolute atomic E-state index is 0.231. The van der Waals surface area contributed by atoms with E-state index in [2.05, 4.69) is 14.9 Å². The van der Waals surface area contributed by atoms with E-state index in [1.807, 2.05) is 0 Å². The van der Waals surface area contributed by atoms with Gasteiger partial charge in [0, 0.05) is 11.4 Å². The second kappa shape index (κ2) is 5.14. The summed E-state index contributed by atoms with van der Waals surface area (Å²) in [5.41, 5.74) is 0.635. The number of hydrogen-bond donors (Lipinski definition) is 0. The van der Waals surface area contributed by atoms with Gasteiger partial charge in [0.15, 0.2) is 5.82 Å². The van der Waals surface area contributed by atoms with Gasteiger partial charge in [0.05, 0.1) is 7.11 Å². The predicted octanol–water partition coefficient (Wildman–Crippen LogP) is 2.24. The minimum Gasteiger partial charge on any atom is -0.462 e. The molecule has 0 spiro atoms. The molecule has 0 unspecified atom stereocenters. The first kappa shape index (κ1) is 12.5. The summed E-state index contributed by atoms with van der Waals surface area (Å²) in [4.78, 5) is 14.9. The first-order valence-corrected chi connectivity index (χ1v) is 5.33. The van der Waals surface area contributed by atoms with Gasteiger partial charge in [-0.2, -0.15) is 4.98 Å². The van der Waals surface area contributed by atoms with Crippen molar-refractivity contribution >= 4 is 17.6 Å². The highest BCUT2D eigenvalue weighted by Gasteiger charge is 2.16. The zero-order valence-corrected chi connectivity index (χ0v) is 10.1. The minimum atomic E-state index is -0.709. The average Bonchev–Trinajstić information content (AvgIpc) is 2.80. The van der Waals surface area contributed by atoms with Gasteiger partial charge in [0.2, 0.25) is 0 Å². The molecule has 1 aromatic carbocycles. The van der Waals surface area contributed by atoms with Gasteiger partial charge in [-0.1, -0.05) is 22.8 Å². The highest BCUT2D eigenvalue weighted by molar-refractivity contribution is 6.31. The molecule has 0 saturated heterocycles. The van der Waals surface area contributed by atoms with Crippen LogP contribution in [0, 0.1) is 5.82 Å². The molecule has 0 atom stereocenters. The molecule has 94 valence electrons. The number of methoxy groups -OCH3 is 1. The fourth-order valence-corrected chi connectivity index (χ4v) is 1.57. The molecule has 1 aromatic heterocycles. The van der Waals surface area contributed by atoms with Crippen molar-refractivity contribution in [2.75, 3.05) is 7.11 Å². The van der Waals surface area contributed by atoms with Crippen molar-refractivity contribution < 1.29 is 18.4 Å². The van der Waals surface area contributed by atoms with Crippen LogP contribution in [0.5, 0.6) is 0 Å². The molecule has 0 aliphatic heterocycles. The number of benzene rings is 1. The Labute approximate surface area is 107 Å². The monoisotopic (exact) mass is 270 g/mol. The summed E-state index contributed by atoms with van der Waals surface area (Å²) in [6.45, 7) is 0. The number of carbonyl (C=O) groups excluding carboxylic acids is 1. The summed E-state index contributed by atoms with van der Waals surface area (Å²) >= 11 is 5.86. The maximum absolute atomic E-state index is 12.8. The van der Waals surface area contributed by atoms with Crippen LogP contribution in [0.1, 0.15) is 22.1 Å². The van der Waals surface area contributed by atoms with Crippen LogP contribution in [0.3, 0.4) is 0 Å². The first-order valence-electron chi connectivity index (χ1n) is 4.95. The molecular weight excluding hydrogens is 263 g/mol. The molecule has 2 rings (SSSR count). The summed E-state index contributed by atoms with van der Waals surface area (Å²) in [6, 6.07) is 3.99. The van der Waals surface area contributed by atoms with Gasteiger partial charge < -0.3 is 9.26 Å². The van der Waals surface area contributed by atoms with E-state index in [-0.39, 0.29) is 23.2 Å². The van der Waals surface area contributed by atoms with Crippen molar-refractivity contribution in [1.82, 2.24) is 10.1 Å². The van der Waals surface area contributed by atoms with Crippen molar-refractivity contribution in [3.05, 3.63) is 46.3 Å².